The Morgan fingerprint density at radius 1 is 0.378 bits per heavy atom. The summed E-state index contributed by atoms with van der Waals surface area (Å²) in [6.45, 7) is 0. The number of rotatable bonds is 6. The van der Waals surface area contributed by atoms with Crippen LogP contribution in [0.5, 0.6) is 5.75 Å². The number of phenols is 1. The van der Waals surface area contributed by atoms with Crippen LogP contribution in [0, 0.1) is 0 Å². The van der Waals surface area contributed by atoms with Crippen molar-refractivity contribution in [3.8, 4) is 5.75 Å². The Labute approximate surface area is 316 Å². The first kappa shape index (κ1) is 40.1. The van der Waals surface area contributed by atoms with Crippen LogP contribution in [-0.2, 0) is 13.0 Å². The number of hydrogen-bond donors (Lipinski definition) is 1. The Morgan fingerprint density at radius 2 is 0.595 bits per heavy atom. The zero-order chi connectivity index (χ0) is 30.2. The van der Waals surface area contributed by atoms with Crippen molar-refractivity contribution in [2.75, 3.05) is 0 Å². The first-order valence-electron chi connectivity index (χ1n) is 8.10. The van der Waals surface area contributed by atoms with E-state index in [0.29, 0.717) is 0 Å². The van der Waals surface area contributed by atoms with Gasteiger partial charge in [0.05, 0.1) is 0 Å². The number of benzene rings is 1. The quantitative estimate of drug-likeness (QED) is 0.282. The fourth-order valence-electron chi connectivity index (χ4n) is 2.35. The summed E-state index contributed by atoms with van der Waals surface area (Å²) in [6, 6.07) is 1.68. The molecular weight excluding hydrogens is 941 g/mol. The molecule has 1 aromatic carbocycles. The van der Waals surface area contributed by atoms with Gasteiger partial charge in [0.1, 0.15) is 5.75 Å². The van der Waals surface area contributed by atoms with Crippen molar-refractivity contribution in [3.63, 3.8) is 0 Å². The Balaban J connectivity index is 4.35. The van der Waals surface area contributed by atoms with E-state index in [1.807, 2.05) is 0 Å². The van der Waals surface area contributed by atoms with Crippen LogP contribution in [0.15, 0.2) is 12.1 Å². The van der Waals surface area contributed by atoms with Crippen molar-refractivity contribution < 1.29 is 5.11 Å². The molecule has 0 atom stereocenters. The van der Waals surface area contributed by atoms with Gasteiger partial charge in [0.15, 0.2) is 13.0 Å². The highest BCUT2D eigenvalue weighted by molar-refractivity contribution is 6.80. The monoisotopic (exact) mass is 933 g/mol. The minimum Gasteiger partial charge on any atom is -0.507 e. The van der Waals surface area contributed by atoms with E-state index in [4.69, 9.17) is 244 Å². The van der Waals surface area contributed by atoms with Crippen LogP contribution in [0.3, 0.4) is 0 Å². The van der Waals surface area contributed by atoms with Gasteiger partial charge in [-0.15, -0.1) is 0 Å². The molecule has 0 heterocycles. The molecule has 0 aliphatic heterocycles. The molecule has 0 radical (unpaired) electrons. The zero-order valence-electron chi connectivity index (χ0n) is 16.0. The van der Waals surface area contributed by atoms with Gasteiger partial charge in [-0.3, -0.25) is 0 Å². The maximum absolute atomic E-state index is 11.2. The van der Waals surface area contributed by atoms with Crippen molar-refractivity contribution in [2.45, 2.75) is 37.4 Å². The number of hydrogen-bond acceptors (Lipinski definition) is 1. The maximum Gasteiger partial charge on any atom is 0.226 e. The van der Waals surface area contributed by atoms with Gasteiger partial charge in [-0.25, -0.2) is 0 Å². The van der Waals surface area contributed by atoms with Gasteiger partial charge in [-0.05, 0) is 17.7 Å². The highest BCUT2D eigenvalue weighted by atomic mass is 35.6. The number of aromatic hydroxyl groups is 1. The summed E-state index contributed by atoms with van der Waals surface area (Å²) in [5.41, 5.74) is -1.97. The van der Waals surface area contributed by atoms with Gasteiger partial charge in [0.2, 0.25) is 24.4 Å². The fraction of sp³-hybridized carbons (Fsp3) is 0.600. The molecule has 0 saturated heterocycles. The van der Waals surface area contributed by atoms with Gasteiger partial charge >= 0.3 is 0 Å². The number of phenolic OH excluding ortho intramolecular Hbond substituents is 1. The zero-order valence-corrected chi connectivity index (χ0v) is 31.9. The van der Waals surface area contributed by atoms with Crippen LogP contribution in [0.25, 0.3) is 0 Å². The summed E-state index contributed by atoms with van der Waals surface area (Å²) in [5.74, 6) is -1.04. The molecule has 1 aromatic rings. The predicted molar refractivity (Wildman–Crippen MR) is 172 cm³/mol. The maximum atomic E-state index is 11.2. The van der Waals surface area contributed by atoms with Gasteiger partial charge in [-0.2, -0.15) is 0 Å². The summed E-state index contributed by atoms with van der Waals surface area (Å²) in [7, 11) is 0. The van der Waals surface area contributed by atoms with Crippen molar-refractivity contribution in [1.29, 1.82) is 0 Å². The Kier molecular flexibility index (Phi) is 13.4. The average Bonchev–Trinajstić information content (AvgIpc) is 2.64. The first-order chi connectivity index (χ1) is 15.7. The molecule has 1 nitrogen and oxygen atoms in total. The van der Waals surface area contributed by atoms with E-state index in [0.717, 1.165) is 12.1 Å². The molecular formula is C15H3Cl21O. The lowest BCUT2D eigenvalue weighted by molar-refractivity contribution is 0.448. The summed E-state index contributed by atoms with van der Waals surface area (Å²) in [6.07, 6.45) is 0. The van der Waals surface area contributed by atoms with E-state index in [2.05, 4.69) is 0 Å². The normalized spacial score (nSPS) is 15.8. The summed E-state index contributed by atoms with van der Waals surface area (Å²) < 4.78 is -24.2. The molecule has 22 heteroatoms. The summed E-state index contributed by atoms with van der Waals surface area (Å²) >= 11 is 129. The second-order valence-electron chi connectivity index (χ2n) is 6.86. The molecule has 0 saturated carbocycles. The molecule has 216 valence electrons. The van der Waals surface area contributed by atoms with E-state index in [1.165, 1.54) is 0 Å². The second-order valence-corrected chi connectivity index (χ2v) is 21.7. The molecule has 0 bridgehead atoms. The molecule has 1 rings (SSSR count). The third-order valence-electron chi connectivity index (χ3n) is 4.40. The molecule has 0 unspecified atom stereocenters. The molecule has 0 aliphatic rings. The molecule has 0 aromatic heterocycles. The first-order valence-corrected chi connectivity index (χ1v) is 16.0. The topological polar surface area (TPSA) is 20.2 Å². The highest BCUT2D eigenvalue weighted by Crippen LogP contribution is 2.67. The van der Waals surface area contributed by atoms with Crippen molar-refractivity contribution in [2.24, 2.45) is 0 Å². The van der Waals surface area contributed by atoms with Crippen LogP contribution in [0.2, 0.25) is 0 Å². The summed E-state index contributed by atoms with van der Waals surface area (Å²) in [5, 5.41) is 11.2. The van der Waals surface area contributed by atoms with E-state index in [-0.39, 0.29) is 0 Å². The Hall–Kier alpha value is 5.11. The van der Waals surface area contributed by atoms with Gasteiger partial charge < -0.3 is 5.11 Å². The molecule has 0 spiro atoms. The number of halogens is 21. The highest BCUT2D eigenvalue weighted by Gasteiger charge is 2.66. The standard InChI is InChI=1S/C15H3Cl21O/c16-7(17,10(22,23)13(28,29)30)3-1-4(8(18,19)11(24,25)14(31,32)33)6(37)5(2-3)9(20,21)12(26,27)15(34,35)36/h1-2,37H. The van der Waals surface area contributed by atoms with E-state index in [1.54, 1.807) is 0 Å². The lowest BCUT2D eigenvalue weighted by Crippen LogP contribution is -2.48. The van der Waals surface area contributed by atoms with Crippen LogP contribution in [0.1, 0.15) is 16.7 Å². The number of alkyl halides is 21. The van der Waals surface area contributed by atoms with Crippen molar-refractivity contribution >= 4 is 244 Å². The SMILES string of the molecule is Oc1c(C(Cl)(Cl)C(Cl)(Cl)C(Cl)(Cl)Cl)cc(C(Cl)(Cl)C(Cl)(Cl)C(Cl)(Cl)Cl)cc1C(Cl)(Cl)C(Cl)(Cl)C(Cl)(Cl)Cl. The third-order valence-corrected chi connectivity index (χ3v) is 16.2. The van der Waals surface area contributed by atoms with Crippen LogP contribution in [0.4, 0.5) is 0 Å². The lowest BCUT2D eigenvalue weighted by atomic mass is 9.94. The molecule has 1 N–H and O–H groups in total. The van der Waals surface area contributed by atoms with Crippen LogP contribution < -0.4 is 0 Å². The smallest absolute Gasteiger partial charge is 0.226 e. The van der Waals surface area contributed by atoms with E-state index in [9.17, 15) is 5.11 Å². The molecule has 37 heavy (non-hydrogen) atoms. The largest absolute Gasteiger partial charge is 0.507 e. The average molecular weight is 944 g/mol. The van der Waals surface area contributed by atoms with Crippen LogP contribution >= 0.6 is 244 Å². The third kappa shape index (κ3) is 7.25. The second kappa shape index (κ2) is 12.4. The lowest BCUT2D eigenvalue weighted by Gasteiger charge is -2.42. The van der Waals surface area contributed by atoms with Crippen molar-refractivity contribution in [3.05, 3.63) is 28.8 Å². The minimum absolute atomic E-state index is 0.492. The van der Waals surface area contributed by atoms with E-state index >= 15 is 0 Å². The van der Waals surface area contributed by atoms with E-state index < -0.39 is 59.8 Å². The molecule has 0 amide bonds. The molecule has 0 fully saturated rings. The summed E-state index contributed by atoms with van der Waals surface area (Å²) in [4.78, 5) is 0. The van der Waals surface area contributed by atoms with Gasteiger partial charge in [-0.1, -0.05) is 244 Å². The minimum atomic E-state index is -2.79. The Bertz CT molecular complexity index is 949. The Morgan fingerprint density at radius 3 is 0.811 bits per heavy atom. The van der Waals surface area contributed by atoms with Gasteiger partial charge in [0, 0.05) is 11.1 Å². The predicted octanol–water partition coefficient (Wildman–Crippen LogP) is 13.9. The molecule has 0 aliphatic carbocycles. The van der Waals surface area contributed by atoms with Crippen molar-refractivity contribution in [1.82, 2.24) is 0 Å². The van der Waals surface area contributed by atoms with Gasteiger partial charge in [0.25, 0.3) is 0 Å². The fourth-order valence-corrected chi connectivity index (χ4v) is 6.76. The van der Waals surface area contributed by atoms with Crippen LogP contribution in [-0.4, -0.2) is 29.5 Å².